The van der Waals surface area contributed by atoms with Crippen LogP contribution in [0.15, 0.2) is 35.2 Å². The van der Waals surface area contributed by atoms with Gasteiger partial charge in [0.05, 0.1) is 10.6 Å². The van der Waals surface area contributed by atoms with E-state index in [9.17, 15) is 16.8 Å². The molecule has 23 heavy (non-hydrogen) atoms. The van der Waals surface area contributed by atoms with Crippen molar-refractivity contribution in [2.24, 2.45) is 0 Å². The van der Waals surface area contributed by atoms with Crippen molar-refractivity contribution >= 4 is 20.0 Å². The minimum absolute atomic E-state index is 0.0690. The van der Waals surface area contributed by atoms with E-state index in [0.717, 1.165) is 19.4 Å². The number of hydrogen-bond donors (Lipinski definition) is 3. The van der Waals surface area contributed by atoms with Gasteiger partial charge in [0.2, 0.25) is 20.0 Å². The number of piperidine rings is 1. The van der Waals surface area contributed by atoms with Crippen molar-refractivity contribution in [3.63, 3.8) is 0 Å². The lowest BCUT2D eigenvalue weighted by Gasteiger charge is -2.30. The third kappa shape index (κ3) is 5.54. The van der Waals surface area contributed by atoms with Crippen molar-refractivity contribution in [3.8, 4) is 0 Å². The smallest absolute Gasteiger partial charge is 0.240 e. The molecule has 0 aliphatic carbocycles. The predicted molar refractivity (Wildman–Crippen MR) is 89.0 cm³/mol. The maximum absolute atomic E-state index is 12.1. The van der Waals surface area contributed by atoms with E-state index < -0.39 is 20.0 Å². The fraction of sp³-hybridized carbons (Fsp3) is 0.571. The Labute approximate surface area is 138 Å². The Morgan fingerprint density at radius 2 is 1.87 bits per heavy atom. The van der Waals surface area contributed by atoms with E-state index >= 15 is 0 Å². The quantitative estimate of drug-likeness (QED) is 0.635. The van der Waals surface area contributed by atoms with Crippen LogP contribution in [0.1, 0.15) is 19.8 Å². The molecular weight excluding hydrogens is 338 g/mol. The highest BCUT2D eigenvalue weighted by atomic mass is 32.2. The molecule has 1 heterocycles. The summed E-state index contributed by atoms with van der Waals surface area (Å²) >= 11 is 0. The van der Waals surface area contributed by atoms with Crippen LogP contribution in [0.3, 0.4) is 0 Å². The monoisotopic (exact) mass is 361 g/mol. The maximum atomic E-state index is 12.1. The number of benzene rings is 1. The molecular formula is C14H23N3O4S2. The Morgan fingerprint density at radius 3 is 2.52 bits per heavy atom. The van der Waals surface area contributed by atoms with Crippen molar-refractivity contribution in [3.05, 3.63) is 30.3 Å². The third-order valence-electron chi connectivity index (χ3n) is 3.81. The SMILES string of the molecule is CC1NCCCC1NS(=O)(=O)CCNS(=O)(=O)c1ccccc1. The molecule has 7 nitrogen and oxygen atoms in total. The second kappa shape index (κ2) is 7.71. The van der Waals surface area contributed by atoms with Crippen LogP contribution in [0.2, 0.25) is 0 Å². The molecule has 0 spiro atoms. The number of sulfonamides is 2. The van der Waals surface area contributed by atoms with Crippen molar-refractivity contribution < 1.29 is 16.8 Å². The van der Waals surface area contributed by atoms with Gasteiger partial charge in [-0.05, 0) is 38.4 Å². The van der Waals surface area contributed by atoms with E-state index in [1.807, 2.05) is 6.92 Å². The van der Waals surface area contributed by atoms with Gasteiger partial charge in [0.1, 0.15) is 0 Å². The fourth-order valence-electron chi connectivity index (χ4n) is 2.49. The van der Waals surface area contributed by atoms with Gasteiger partial charge < -0.3 is 5.32 Å². The Balaban J connectivity index is 1.87. The largest absolute Gasteiger partial charge is 0.313 e. The highest BCUT2D eigenvalue weighted by Crippen LogP contribution is 2.10. The van der Waals surface area contributed by atoms with Crippen LogP contribution in [0, 0.1) is 0 Å². The summed E-state index contributed by atoms with van der Waals surface area (Å²) in [6.07, 6.45) is 1.70. The molecule has 1 aromatic carbocycles. The van der Waals surface area contributed by atoms with Gasteiger partial charge in [0.25, 0.3) is 0 Å². The summed E-state index contributed by atoms with van der Waals surface area (Å²) in [6.45, 7) is 2.65. The van der Waals surface area contributed by atoms with Crippen molar-refractivity contribution in [2.45, 2.75) is 36.7 Å². The van der Waals surface area contributed by atoms with E-state index in [1.165, 1.54) is 12.1 Å². The van der Waals surface area contributed by atoms with Gasteiger partial charge in [-0.15, -0.1) is 0 Å². The molecule has 2 atom stereocenters. The lowest BCUT2D eigenvalue weighted by Crippen LogP contribution is -2.52. The Kier molecular flexibility index (Phi) is 6.15. The van der Waals surface area contributed by atoms with Gasteiger partial charge in [-0.25, -0.2) is 26.3 Å². The molecule has 0 bridgehead atoms. The average molecular weight is 361 g/mol. The van der Waals surface area contributed by atoms with Crippen LogP contribution < -0.4 is 14.8 Å². The first-order valence-electron chi connectivity index (χ1n) is 7.58. The van der Waals surface area contributed by atoms with E-state index in [4.69, 9.17) is 0 Å². The summed E-state index contributed by atoms with van der Waals surface area (Å²) in [4.78, 5) is 0.121. The van der Waals surface area contributed by atoms with Crippen molar-refractivity contribution in [2.75, 3.05) is 18.8 Å². The zero-order valence-corrected chi connectivity index (χ0v) is 14.7. The van der Waals surface area contributed by atoms with Crippen LogP contribution in [0.5, 0.6) is 0 Å². The van der Waals surface area contributed by atoms with Crippen molar-refractivity contribution in [1.29, 1.82) is 0 Å². The van der Waals surface area contributed by atoms with Crippen LogP contribution in [-0.2, 0) is 20.0 Å². The van der Waals surface area contributed by atoms with Gasteiger partial charge in [0, 0.05) is 18.6 Å². The summed E-state index contributed by atoms with van der Waals surface area (Å²) in [5, 5.41) is 3.22. The predicted octanol–water partition coefficient (Wildman–Crippen LogP) is 0.0248. The van der Waals surface area contributed by atoms with Crippen LogP contribution >= 0.6 is 0 Å². The molecule has 1 aliphatic heterocycles. The minimum Gasteiger partial charge on any atom is -0.313 e. The molecule has 1 saturated heterocycles. The minimum atomic E-state index is -3.68. The Bertz CT molecular complexity index is 705. The number of hydrogen-bond acceptors (Lipinski definition) is 5. The molecule has 1 aromatic rings. The number of nitrogens with one attached hydrogen (secondary N) is 3. The zero-order chi connectivity index (χ0) is 16.9. The molecule has 1 fully saturated rings. The third-order valence-corrected chi connectivity index (χ3v) is 6.69. The maximum Gasteiger partial charge on any atom is 0.240 e. The lowest BCUT2D eigenvalue weighted by molar-refractivity contribution is 0.349. The highest BCUT2D eigenvalue weighted by Gasteiger charge is 2.25. The summed E-state index contributed by atoms with van der Waals surface area (Å²) in [5.41, 5.74) is 0. The normalized spacial score (nSPS) is 22.8. The summed E-state index contributed by atoms with van der Waals surface area (Å²) in [5.74, 6) is -0.289. The lowest BCUT2D eigenvalue weighted by atomic mass is 10.0. The van der Waals surface area contributed by atoms with E-state index in [1.54, 1.807) is 18.2 Å². The standard InChI is InChI=1S/C14H23N3O4S2/c1-12-14(8-5-9-15-12)17-22(18,19)11-10-16-23(20,21)13-6-3-2-4-7-13/h2-4,6-7,12,14-17H,5,8-11H2,1H3. The molecule has 2 unspecified atom stereocenters. The summed E-state index contributed by atoms with van der Waals surface area (Å²) < 4.78 is 53.2. The molecule has 2 rings (SSSR count). The highest BCUT2D eigenvalue weighted by molar-refractivity contribution is 7.90. The zero-order valence-electron chi connectivity index (χ0n) is 13.0. The summed E-state index contributed by atoms with van der Waals surface area (Å²) in [7, 11) is -7.22. The van der Waals surface area contributed by atoms with Gasteiger partial charge >= 0.3 is 0 Å². The van der Waals surface area contributed by atoms with Gasteiger partial charge in [-0.1, -0.05) is 18.2 Å². The van der Waals surface area contributed by atoms with Gasteiger partial charge in [-0.3, -0.25) is 0 Å². The molecule has 0 saturated carbocycles. The molecule has 0 radical (unpaired) electrons. The second-order valence-electron chi connectivity index (χ2n) is 5.64. The molecule has 130 valence electrons. The van der Waals surface area contributed by atoms with Gasteiger partial charge in [-0.2, -0.15) is 0 Å². The van der Waals surface area contributed by atoms with Crippen molar-refractivity contribution in [1.82, 2.24) is 14.8 Å². The second-order valence-corrected chi connectivity index (χ2v) is 9.28. The fourth-order valence-corrected chi connectivity index (χ4v) is 4.94. The average Bonchev–Trinajstić information content (AvgIpc) is 2.50. The van der Waals surface area contributed by atoms with Gasteiger partial charge in [0.15, 0.2) is 0 Å². The first-order valence-corrected chi connectivity index (χ1v) is 10.7. The van der Waals surface area contributed by atoms with Crippen LogP contribution in [-0.4, -0.2) is 47.8 Å². The first kappa shape index (κ1) is 18.3. The van der Waals surface area contributed by atoms with E-state index in [2.05, 4.69) is 14.8 Å². The molecule has 9 heteroatoms. The van der Waals surface area contributed by atoms with Crippen LogP contribution in [0.25, 0.3) is 0 Å². The topological polar surface area (TPSA) is 104 Å². The summed E-state index contributed by atoms with van der Waals surface area (Å²) in [6, 6.07) is 7.79. The molecule has 0 aromatic heterocycles. The number of rotatable bonds is 7. The molecule has 0 amide bonds. The molecule has 3 N–H and O–H groups in total. The Hall–Kier alpha value is -1.00. The molecule has 1 aliphatic rings. The van der Waals surface area contributed by atoms with Crippen LogP contribution in [0.4, 0.5) is 0 Å². The first-order chi connectivity index (χ1) is 10.8. The van der Waals surface area contributed by atoms with E-state index in [-0.39, 0.29) is 29.3 Å². The van der Waals surface area contributed by atoms with E-state index in [0.29, 0.717) is 0 Å². The Morgan fingerprint density at radius 1 is 1.17 bits per heavy atom.